The van der Waals surface area contributed by atoms with Crippen LogP contribution in [0.2, 0.25) is 5.02 Å². The Balaban J connectivity index is 1.72. The number of rotatable bonds is 4. The molecule has 0 spiro atoms. The zero-order chi connectivity index (χ0) is 21.3. The lowest BCUT2D eigenvalue weighted by Gasteiger charge is -2.32. The summed E-state index contributed by atoms with van der Waals surface area (Å²) in [6, 6.07) is 5.68. The van der Waals surface area contributed by atoms with Crippen LogP contribution in [0, 0.1) is 5.82 Å². The van der Waals surface area contributed by atoms with E-state index < -0.39 is 11.8 Å². The van der Waals surface area contributed by atoms with E-state index in [0.717, 1.165) is 5.56 Å². The van der Waals surface area contributed by atoms with Gasteiger partial charge in [0.05, 0.1) is 32.2 Å². The summed E-state index contributed by atoms with van der Waals surface area (Å²) < 4.78 is 26.9. The van der Waals surface area contributed by atoms with Crippen LogP contribution in [-0.4, -0.2) is 52.5 Å². The van der Waals surface area contributed by atoms with E-state index in [2.05, 4.69) is 15.1 Å². The van der Waals surface area contributed by atoms with Gasteiger partial charge in [0.15, 0.2) is 5.69 Å². The minimum Gasteiger partial charge on any atom is -0.464 e. The Hall–Kier alpha value is -3.04. The first kappa shape index (κ1) is 20.2. The second-order valence-corrected chi connectivity index (χ2v) is 7.24. The molecule has 0 radical (unpaired) electrons. The summed E-state index contributed by atoms with van der Waals surface area (Å²) in [5, 5.41) is 4.45. The third kappa shape index (κ3) is 4.12. The Bertz CT molecular complexity index is 1090. The number of hydrogen-bond acceptors (Lipinski definition) is 7. The normalized spacial score (nSPS) is 16.5. The smallest absolute Gasteiger partial charge is 0.356 e. The lowest BCUT2D eigenvalue weighted by atomic mass is 10.1. The summed E-state index contributed by atoms with van der Waals surface area (Å²) in [6.07, 6.45) is 3.40. The number of esters is 1. The molecule has 0 saturated carbocycles. The molecule has 4 rings (SSSR count). The fourth-order valence-electron chi connectivity index (χ4n) is 3.26. The molecule has 0 aliphatic carbocycles. The van der Waals surface area contributed by atoms with Gasteiger partial charge in [0.1, 0.15) is 11.9 Å². The molecule has 8 nitrogen and oxygen atoms in total. The summed E-state index contributed by atoms with van der Waals surface area (Å²) in [6.45, 7) is 1.42. The number of anilines is 1. The first-order valence-corrected chi connectivity index (χ1v) is 9.60. The molecule has 0 amide bonds. The predicted octanol–water partition coefficient (Wildman–Crippen LogP) is 3.03. The topological polar surface area (TPSA) is 82.4 Å². The predicted molar refractivity (Wildman–Crippen MR) is 108 cm³/mol. The molecular formula is C20H19ClFN5O3. The van der Waals surface area contributed by atoms with E-state index in [9.17, 15) is 9.18 Å². The second kappa shape index (κ2) is 8.37. The van der Waals surface area contributed by atoms with Gasteiger partial charge in [-0.1, -0.05) is 11.6 Å². The maximum absolute atomic E-state index is 14.5. The van der Waals surface area contributed by atoms with Crippen LogP contribution >= 0.6 is 11.6 Å². The number of hydrogen-bond donors (Lipinski definition) is 0. The minimum absolute atomic E-state index is 0.0382. The van der Waals surface area contributed by atoms with Gasteiger partial charge in [0.2, 0.25) is 5.95 Å². The number of carbonyl (C=O) groups is 1. The third-order valence-corrected chi connectivity index (χ3v) is 5.00. The fraction of sp³-hybridized carbons (Fsp3) is 0.300. The molecule has 30 heavy (non-hydrogen) atoms. The van der Waals surface area contributed by atoms with E-state index >= 15 is 0 Å². The summed E-state index contributed by atoms with van der Waals surface area (Å²) >= 11 is 5.86. The highest BCUT2D eigenvalue weighted by molar-refractivity contribution is 6.30. The number of ether oxygens (including phenoxy) is 2. The molecular weight excluding hydrogens is 413 g/mol. The number of carbonyl (C=O) groups excluding carboxylic acids is 1. The van der Waals surface area contributed by atoms with E-state index in [-0.39, 0.29) is 28.1 Å². The molecule has 1 aromatic carbocycles. The highest BCUT2D eigenvalue weighted by atomic mass is 35.5. The number of methoxy groups -OCH3 is 1. The monoisotopic (exact) mass is 431 g/mol. The van der Waals surface area contributed by atoms with Crippen molar-refractivity contribution in [3.8, 4) is 11.3 Å². The molecule has 0 bridgehead atoms. The molecule has 3 heterocycles. The fourth-order valence-corrected chi connectivity index (χ4v) is 3.42. The molecule has 156 valence electrons. The van der Waals surface area contributed by atoms with Gasteiger partial charge < -0.3 is 14.4 Å². The maximum atomic E-state index is 14.5. The second-order valence-electron chi connectivity index (χ2n) is 6.81. The number of benzene rings is 1. The lowest BCUT2D eigenvalue weighted by Crippen LogP contribution is -2.39. The van der Waals surface area contributed by atoms with Crippen LogP contribution in [0.4, 0.5) is 10.3 Å². The maximum Gasteiger partial charge on any atom is 0.356 e. The quantitative estimate of drug-likeness (QED) is 0.587. The molecule has 10 heteroatoms. The van der Waals surface area contributed by atoms with Gasteiger partial charge in [-0.25, -0.2) is 19.2 Å². The van der Waals surface area contributed by atoms with Gasteiger partial charge in [0.25, 0.3) is 0 Å². The van der Waals surface area contributed by atoms with Gasteiger partial charge >= 0.3 is 5.97 Å². The zero-order valence-electron chi connectivity index (χ0n) is 16.4. The summed E-state index contributed by atoms with van der Waals surface area (Å²) in [5.41, 5.74) is 1.44. The van der Waals surface area contributed by atoms with Crippen molar-refractivity contribution in [1.29, 1.82) is 0 Å². The molecule has 1 aliphatic heterocycles. The first-order chi connectivity index (χ1) is 14.4. The molecule has 1 saturated heterocycles. The Morgan fingerprint density at radius 2 is 2.17 bits per heavy atom. The molecule has 0 unspecified atom stereocenters. The summed E-state index contributed by atoms with van der Waals surface area (Å²) in [5.74, 6) is -0.885. The van der Waals surface area contributed by atoms with Crippen LogP contribution in [0.5, 0.6) is 0 Å². The number of nitrogens with zero attached hydrogens (tertiary/aromatic N) is 5. The van der Waals surface area contributed by atoms with E-state index in [1.54, 1.807) is 16.9 Å². The average molecular weight is 432 g/mol. The minimum atomic E-state index is -0.633. The Labute approximate surface area is 177 Å². The van der Waals surface area contributed by atoms with Crippen molar-refractivity contribution in [2.75, 3.05) is 31.7 Å². The van der Waals surface area contributed by atoms with Crippen molar-refractivity contribution in [3.63, 3.8) is 0 Å². The Morgan fingerprint density at radius 1 is 1.33 bits per heavy atom. The molecule has 1 atom stereocenters. The van der Waals surface area contributed by atoms with Gasteiger partial charge in [-0.2, -0.15) is 5.10 Å². The average Bonchev–Trinajstić information content (AvgIpc) is 3.19. The Kier molecular flexibility index (Phi) is 5.65. The van der Waals surface area contributed by atoms with Gasteiger partial charge in [-0.3, -0.25) is 4.68 Å². The molecule has 1 aliphatic rings. The van der Waals surface area contributed by atoms with Crippen molar-refractivity contribution < 1.29 is 18.7 Å². The van der Waals surface area contributed by atoms with Crippen LogP contribution in [0.1, 0.15) is 22.2 Å². The first-order valence-electron chi connectivity index (χ1n) is 9.22. The molecule has 1 fully saturated rings. The highest BCUT2D eigenvalue weighted by Gasteiger charge is 2.26. The number of morpholine rings is 1. The standard InChI is InChI=1S/C20H19ClFN5O3/c1-26-10-12(9-23-26)18-11-27(5-6-30-18)20-24-16(8-17(25-20)19(28)29-2)14-4-3-13(21)7-15(14)22/h3-4,7-10,18H,5-6,11H2,1-2H3/t18-/m1/s1. The number of aryl methyl sites for hydroxylation is 1. The van der Waals surface area contributed by atoms with Crippen molar-refractivity contribution in [3.05, 3.63) is 58.8 Å². The number of halogens is 2. The van der Waals surface area contributed by atoms with Crippen molar-refractivity contribution in [1.82, 2.24) is 19.7 Å². The van der Waals surface area contributed by atoms with Crippen LogP contribution in [0.3, 0.4) is 0 Å². The van der Waals surface area contributed by atoms with E-state index in [4.69, 9.17) is 21.1 Å². The van der Waals surface area contributed by atoms with Gasteiger partial charge in [-0.15, -0.1) is 0 Å². The van der Waals surface area contributed by atoms with Gasteiger partial charge in [-0.05, 0) is 24.3 Å². The molecule has 3 aromatic rings. The largest absolute Gasteiger partial charge is 0.464 e. The van der Waals surface area contributed by atoms with Crippen molar-refractivity contribution in [2.45, 2.75) is 6.10 Å². The highest BCUT2D eigenvalue weighted by Crippen LogP contribution is 2.28. The van der Waals surface area contributed by atoms with Crippen LogP contribution in [0.25, 0.3) is 11.3 Å². The van der Waals surface area contributed by atoms with E-state index in [0.29, 0.717) is 25.6 Å². The number of aromatic nitrogens is 4. The van der Waals surface area contributed by atoms with Crippen LogP contribution in [-0.2, 0) is 16.5 Å². The Morgan fingerprint density at radius 3 is 2.87 bits per heavy atom. The third-order valence-electron chi connectivity index (χ3n) is 4.76. The van der Waals surface area contributed by atoms with E-state index in [1.807, 2.05) is 18.1 Å². The van der Waals surface area contributed by atoms with Crippen molar-refractivity contribution in [2.24, 2.45) is 7.05 Å². The molecule has 2 aromatic heterocycles. The summed E-state index contributed by atoms with van der Waals surface area (Å²) in [7, 11) is 3.10. The SMILES string of the molecule is COC(=O)c1cc(-c2ccc(Cl)cc2F)nc(N2CCO[C@@H](c3cnn(C)c3)C2)n1. The van der Waals surface area contributed by atoms with E-state index in [1.165, 1.54) is 25.3 Å². The zero-order valence-corrected chi connectivity index (χ0v) is 17.1. The lowest BCUT2D eigenvalue weighted by molar-refractivity contribution is 0.0391. The molecule has 0 N–H and O–H groups in total. The van der Waals surface area contributed by atoms with Crippen LogP contribution < -0.4 is 4.90 Å². The van der Waals surface area contributed by atoms with Gasteiger partial charge in [0, 0.05) is 35.9 Å². The van der Waals surface area contributed by atoms with Crippen LogP contribution in [0.15, 0.2) is 36.7 Å². The van der Waals surface area contributed by atoms with Crippen molar-refractivity contribution >= 4 is 23.5 Å². The summed E-state index contributed by atoms with van der Waals surface area (Å²) in [4.78, 5) is 22.9.